The molecule has 0 unspecified atom stereocenters. The van der Waals surface area contributed by atoms with Crippen molar-refractivity contribution in [3.05, 3.63) is 54.1 Å². The Morgan fingerprint density at radius 3 is 2.23 bits per heavy atom. The van der Waals surface area contributed by atoms with Crippen LogP contribution >= 0.6 is 0 Å². The monoisotopic (exact) mass is 357 g/mol. The number of ether oxygens (including phenoxy) is 2. The van der Waals surface area contributed by atoms with Gasteiger partial charge >= 0.3 is 0 Å². The molecule has 0 bridgehead atoms. The molecule has 3 rings (SSSR count). The van der Waals surface area contributed by atoms with Crippen molar-refractivity contribution in [2.24, 2.45) is 0 Å². The van der Waals surface area contributed by atoms with Gasteiger partial charge in [0.2, 0.25) is 0 Å². The lowest BCUT2D eigenvalue weighted by atomic mass is 9.89. The maximum atomic E-state index is 10.3. The summed E-state index contributed by atoms with van der Waals surface area (Å²) in [5, 5.41) is 19.7. The molecule has 1 atom stereocenters. The van der Waals surface area contributed by atoms with E-state index in [4.69, 9.17) is 9.47 Å². The summed E-state index contributed by atoms with van der Waals surface area (Å²) in [5.74, 6) is 2.36. The number of β-amino-alcohol motifs (C(OH)–C–C–N with tert-alkyl or cyclic N) is 1. The molecule has 1 heterocycles. The van der Waals surface area contributed by atoms with Crippen LogP contribution in [0.2, 0.25) is 0 Å². The lowest BCUT2D eigenvalue weighted by Crippen LogP contribution is -2.40. The Labute approximate surface area is 154 Å². The molecule has 1 aliphatic rings. The molecule has 0 radical (unpaired) electrons. The summed E-state index contributed by atoms with van der Waals surface area (Å²) >= 11 is 0. The third-order valence-corrected chi connectivity index (χ3v) is 4.92. The largest absolute Gasteiger partial charge is 0.508 e. The van der Waals surface area contributed by atoms with Crippen molar-refractivity contribution in [2.75, 3.05) is 33.4 Å². The van der Waals surface area contributed by atoms with Crippen molar-refractivity contribution in [3.63, 3.8) is 0 Å². The number of hydrogen-bond acceptors (Lipinski definition) is 5. The summed E-state index contributed by atoms with van der Waals surface area (Å²) in [4.78, 5) is 2.29. The van der Waals surface area contributed by atoms with Crippen LogP contribution in [0.25, 0.3) is 0 Å². The highest BCUT2D eigenvalue weighted by Gasteiger charge is 2.22. The maximum absolute atomic E-state index is 10.3. The fourth-order valence-corrected chi connectivity index (χ4v) is 3.41. The smallest absolute Gasteiger partial charge is 0.119 e. The van der Waals surface area contributed by atoms with Crippen LogP contribution in [0.15, 0.2) is 48.5 Å². The topological polar surface area (TPSA) is 62.2 Å². The van der Waals surface area contributed by atoms with Gasteiger partial charge in [-0.1, -0.05) is 12.1 Å². The number of rotatable bonds is 7. The number of nitrogens with zero attached hydrogens (tertiary/aromatic N) is 1. The Morgan fingerprint density at radius 2 is 1.62 bits per heavy atom. The van der Waals surface area contributed by atoms with E-state index in [1.54, 1.807) is 19.2 Å². The van der Waals surface area contributed by atoms with Crippen molar-refractivity contribution >= 4 is 0 Å². The van der Waals surface area contributed by atoms with Crippen molar-refractivity contribution < 1.29 is 19.7 Å². The van der Waals surface area contributed by atoms with Gasteiger partial charge in [-0.2, -0.15) is 0 Å². The van der Waals surface area contributed by atoms with E-state index in [0.717, 1.165) is 37.4 Å². The zero-order valence-electron chi connectivity index (χ0n) is 15.2. The summed E-state index contributed by atoms with van der Waals surface area (Å²) in [6.45, 7) is 2.83. The van der Waals surface area contributed by atoms with Gasteiger partial charge in [-0.3, -0.25) is 0 Å². The number of benzene rings is 2. The highest BCUT2D eigenvalue weighted by Crippen LogP contribution is 2.29. The zero-order valence-corrected chi connectivity index (χ0v) is 15.2. The van der Waals surface area contributed by atoms with Crippen molar-refractivity contribution in [2.45, 2.75) is 24.9 Å². The number of aromatic hydroxyl groups is 1. The molecule has 1 saturated heterocycles. The molecule has 0 saturated carbocycles. The minimum atomic E-state index is -0.512. The van der Waals surface area contributed by atoms with Gasteiger partial charge in [-0.15, -0.1) is 0 Å². The molecule has 0 aromatic heterocycles. The van der Waals surface area contributed by atoms with Gasteiger partial charge in [0, 0.05) is 6.54 Å². The summed E-state index contributed by atoms with van der Waals surface area (Å²) < 4.78 is 10.8. The molecule has 2 aromatic rings. The van der Waals surface area contributed by atoms with E-state index in [1.165, 1.54) is 5.56 Å². The number of aliphatic hydroxyl groups is 1. The summed E-state index contributed by atoms with van der Waals surface area (Å²) in [7, 11) is 1.63. The number of phenols is 1. The van der Waals surface area contributed by atoms with Crippen LogP contribution in [0, 0.1) is 0 Å². The molecular weight excluding hydrogens is 330 g/mol. The van der Waals surface area contributed by atoms with E-state index in [-0.39, 0.29) is 6.61 Å². The number of phenolic OH excluding ortho intramolecular Hbond substituents is 1. The first kappa shape index (κ1) is 18.5. The second-order valence-electron chi connectivity index (χ2n) is 6.81. The predicted octanol–water partition coefficient (Wildman–Crippen LogP) is 3.02. The van der Waals surface area contributed by atoms with E-state index < -0.39 is 6.10 Å². The van der Waals surface area contributed by atoms with Crippen molar-refractivity contribution in [1.29, 1.82) is 0 Å². The molecule has 0 amide bonds. The van der Waals surface area contributed by atoms with Gasteiger partial charge in [-0.05, 0) is 73.8 Å². The number of piperidine rings is 1. The lowest BCUT2D eigenvalue weighted by molar-refractivity contribution is 0.0594. The van der Waals surface area contributed by atoms with E-state index >= 15 is 0 Å². The summed E-state index contributed by atoms with van der Waals surface area (Å²) in [5.41, 5.74) is 1.28. The molecule has 1 aliphatic heterocycles. The molecule has 0 spiro atoms. The van der Waals surface area contributed by atoms with Gasteiger partial charge in [-0.25, -0.2) is 0 Å². The van der Waals surface area contributed by atoms with Gasteiger partial charge in [0.05, 0.1) is 7.11 Å². The minimum Gasteiger partial charge on any atom is -0.508 e. The molecular formula is C21H27NO4. The molecule has 140 valence electrons. The van der Waals surface area contributed by atoms with Crippen LogP contribution in [0.1, 0.15) is 24.3 Å². The molecule has 1 fully saturated rings. The third kappa shape index (κ3) is 5.13. The summed E-state index contributed by atoms with van der Waals surface area (Å²) in [6, 6.07) is 14.9. The third-order valence-electron chi connectivity index (χ3n) is 4.92. The van der Waals surface area contributed by atoms with E-state index in [9.17, 15) is 10.2 Å². The average Bonchev–Trinajstić information content (AvgIpc) is 2.68. The Kier molecular flexibility index (Phi) is 6.36. The predicted molar refractivity (Wildman–Crippen MR) is 101 cm³/mol. The number of aliphatic hydroxyl groups excluding tert-OH is 1. The Balaban J connectivity index is 1.40. The van der Waals surface area contributed by atoms with Crippen LogP contribution in [0.5, 0.6) is 17.2 Å². The minimum absolute atomic E-state index is 0.282. The average molecular weight is 357 g/mol. The van der Waals surface area contributed by atoms with Crippen LogP contribution in [0.4, 0.5) is 0 Å². The Hall–Kier alpha value is -2.24. The first-order chi connectivity index (χ1) is 12.6. The number of likely N-dealkylation sites (tertiary alicyclic amines) is 1. The van der Waals surface area contributed by atoms with Gasteiger partial charge in [0.25, 0.3) is 0 Å². The SMILES string of the molecule is COc1ccc(OC[C@H](O)CN2CCC(c3ccc(O)cc3)CC2)cc1. The first-order valence-corrected chi connectivity index (χ1v) is 9.10. The molecule has 26 heavy (non-hydrogen) atoms. The lowest BCUT2D eigenvalue weighted by Gasteiger charge is -2.33. The van der Waals surface area contributed by atoms with Crippen LogP contribution in [-0.2, 0) is 0 Å². The van der Waals surface area contributed by atoms with E-state index in [0.29, 0.717) is 18.2 Å². The van der Waals surface area contributed by atoms with Crippen molar-refractivity contribution in [3.8, 4) is 17.2 Å². The maximum Gasteiger partial charge on any atom is 0.119 e. The highest BCUT2D eigenvalue weighted by atomic mass is 16.5. The Bertz CT molecular complexity index is 663. The van der Waals surface area contributed by atoms with Gasteiger partial charge in [0.15, 0.2) is 0 Å². The van der Waals surface area contributed by atoms with E-state index in [1.807, 2.05) is 36.4 Å². The standard InChI is InChI=1S/C21H27NO4/c1-25-20-6-8-21(9-7-20)26-15-19(24)14-22-12-10-17(11-13-22)16-2-4-18(23)5-3-16/h2-9,17,19,23-24H,10-15H2,1H3/t19-/m1/s1. The fraction of sp³-hybridized carbons (Fsp3) is 0.429. The number of hydrogen-bond donors (Lipinski definition) is 2. The van der Waals surface area contributed by atoms with Crippen LogP contribution in [0.3, 0.4) is 0 Å². The second kappa shape index (κ2) is 8.92. The second-order valence-corrected chi connectivity index (χ2v) is 6.81. The molecule has 5 heteroatoms. The Morgan fingerprint density at radius 1 is 1.00 bits per heavy atom. The normalized spacial score (nSPS) is 17.0. The van der Waals surface area contributed by atoms with Crippen LogP contribution < -0.4 is 9.47 Å². The molecule has 2 N–H and O–H groups in total. The molecule has 0 aliphatic carbocycles. The van der Waals surface area contributed by atoms with Gasteiger partial charge in [0.1, 0.15) is 30.0 Å². The highest BCUT2D eigenvalue weighted by molar-refractivity contribution is 5.31. The fourth-order valence-electron chi connectivity index (χ4n) is 3.41. The van der Waals surface area contributed by atoms with E-state index in [2.05, 4.69) is 4.90 Å². The number of methoxy groups -OCH3 is 1. The molecule has 2 aromatic carbocycles. The quantitative estimate of drug-likeness (QED) is 0.798. The zero-order chi connectivity index (χ0) is 18.4. The summed E-state index contributed by atoms with van der Waals surface area (Å²) in [6.07, 6.45) is 1.62. The molecule has 5 nitrogen and oxygen atoms in total. The first-order valence-electron chi connectivity index (χ1n) is 9.10. The van der Waals surface area contributed by atoms with Crippen LogP contribution in [-0.4, -0.2) is 54.6 Å². The van der Waals surface area contributed by atoms with Crippen molar-refractivity contribution in [1.82, 2.24) is 4.90 Å². The van der Waals surface area contributed by atoms with Gasteiger partial charge < -0.3 is 24.6 Å².